The number of nitrogens with one attached hydrogen (secondary N) is 1. The van der Waals surface area contributed by atoms with Crippen molar-refractivity contribution >= 4 is 21.7 Å². The largest absolute Gasteiger partial charge is 0.493 e. The van der Waals surface area contributed by atoms with E-state index in [0.29, 0.717) is 12.2 Å². The Labute approximate surface area is 140 Å². The fraction of sp³-hybridized carbons (Fsp3) is 0.467. The number of carboxylic acid groups (broad SMARTS) is 1. The molecular weight excluding hydrogens is 338 g/mol. The molecule has 2 N–H and O–H groups in total. The Morgan fingerprint density at radius 3 is 2.38 bits per heavy atom. The standard InChI is InChI=1S/C15H21NO7S/c1-22-12-6-5-11(10-13(12)23-2)24(20,21)9-7-14(17)16-8-3-4-15(18)19/h5-6,10H,3-4,7-9H2,1-2H3,(H,16,17)(H,18,19). The Balaban J connectivity index is 2.60. The summed E-state index contributed by atoms with van der Waals surface area (Å²) in [7, 11) is -0.801. The molecule has 0 spiro atoms. The molecule has 24 heavy (non-hydrogen) atoms. The second-order valence-electron chi connectivity index (χ2n) is 4.93. The van der Waals surface area contributed by atoms with Gasteiger partial charge in [0.1, 0.15) is 0 Å². The Kier molecular flexibility index (Phi) is 7.50. The second-order valence-corrected chi connectivity index (χ2v) is 7.04. The van der Waals surface area contributed by atoms with E-state index in [4.69, 9.17) is 14.6 Å². The highest BCUT2D eigenvalue weighted by atomic mass is 32.2. The zero-order valence-electron chi connectivity index (χ0n) is 13.6. The van der Waals surface area contributed by atoms with E-state index < -0.39 is 21.7 Å². The third kappa shape index (κ3) is 6.07. The Morgan fingerprint density at radius 1 is 1.12 bits per heavy atom. The average Bonchev–Trinajstić information content (AvgIpc) is 2.56. The summed E-state index contributed by atoms with van der Waals surface area (Å²) >= 11 is 0. The third-order valence-corrected chi connectivity index (χ3v) is 4.92. The Morgan fingerprint density at radius 2 is 1.79 bits per heavy atom. The topological polar surface area (TPSA) is 119 Å². The maximum atomic E-state index is 12.3. The van der Waals surface area contributed by atoms with Crippen molar-refractivity contribution in [3.05, 3.63) is 18.2 Å². The van der Waals surface area contributed by atoms with Gasteiger partial charge in [-0.05, 0) is 18.6 Å². The average molecular weight is 359 g/mol. The zero-order valence-corrected chi connectivity index (χ0v) is 14.4. The maximum absolute atomic E-state index is 12.3. The summed E-state index contributed by atoms with van der Waals surface area (Å²) in [5, 5.41) is 11.0. The van der Waals surface area contributed by atoms with Crippen LogP contribution in [0.4, 0.5) is 0 Å². The molecule has 9 heteroatoms. The summed E-state index contributed by atoms with van der Waals surface area (Å²) in [6, 6.07) is 4.22. The summed E-state index contributed by atoms with van der Waals surface area (Å²) < 4.78 is 34.7. The van der Waals surface area contributed by atoms with Crippen LogP contribution in [0.3, 0.4) is 0 Å². The summed E-state index contributed by atoms with van der Waals surface area (Å²) in [5.41, 5.74) is 0. The van der Waals surface area contributed by atoms with Gasteiger partial charge in [0.15, 0.2) is 21.3 Å². The van der Waals surface area contributed by atoms with Crippen molar-refractivity contribution in [3.63, 3.8) is 0 Å². The normalized spacial score (nSPS) is 10.9. The SMILES string of the molecule is COc1ccc(S(=O)(=O)CCC(=O)NCCCC(=O)O)cc1OC. The van der Waals surface area contributed by atoms with Crippen molar-refractivity contribution in [2.75, 3.05) is 26.5 Å². The molecule has 0 heterocycles. The molecule has 0 aliphatic heterocycles. The molecule has 1 rings (SSSR count). The van der Waals surface area contributed by atoms with Gasteiger partial charge in [0.25, 0.3) is 0 Å². The van der Waals surface area contributed by atoms with Crippen molar-refractivity contribution in [1.29, 1.82) is 0 Å². The molecule has 8 nitrogen and oxygen atoms in total. The van der Waals surface area contributed by atoms with Gasteiger partial charge < -0.3 is 19.9 Å². The predicted molar refractivity (Wildman–Crippen MR) is 86.1 cm³/mol. The van der Waals surface area contributed by atoms with Crippen molar-refractivity contribution in [1.82, 2.24) is 5.32 Å². The van der Waals surface area contributed by atoms with Crippen LogP contribution in [0, 0.1) is 0 Å². The highest BCUT2D eigenvalue weighted by molar-refractivity contribution is 7.91. The number of methoxy groups -OCH3 is 2. The van der Waals surface area contributed by atoms with E-state index in [1.54, 1.807) is 0 Å². The smallest absolute Gasteiger partial charge is 0.303 e. The lowest BCUT2D eigenvalue weighted by molar-refractivity contribution is -0.137. The minimum absolute atomic E-state index is 0.0406. The summed E-state index contributed by atoms with van der Waals surface area (Å²) in [6.07, 6.45) is 0.0392. The summed E-state index contributed by atoms with van der Waals surface area (Å²) in [5.74, 6) is -1.04. The van der Waals surface area contributed by atoms with Gasteiger partial charge in [-0.25, -0.2) is 8.42 Å². The lowest BCUT2D eigenvalue weighted by Gasteiger charge is -2.10. The van der Waals surface area contributed by atoms with Gasteiger partial charge in [0.2, 0.25) is 5.91 Å². The Hall–Kier alpha value is -2.29. The molecule has 0 aliphatic carbocycles. The minimum Gasteiger partial charge on any atom is -0.493 e. The first kappa shape index (κ1) is 19.8. The molecule has 0 fully saturated rings. The quantitative estimate of drug-likeness (QED) is 0.594. The van der Waals surface area contributed by atoms with E-state index in [2.05, 4.69) is 5.32 Å². The second kappa shape index (κ2) is 9.11. The monoisotopic (exact) mass is 359 g/mol. The fourth-order valence-electron chi connectivity index (χ4n) is 1.91. The van der Waals surface area contributed by atoms with Crippen LogP contribution in [0.25, 0.3) is 0 Å². The molecule has 0 saturated heterocycles. The van der Waals surface area contributed by atoms with Crippen LogP contribution in [0.1, 0.15) is 19.3 Å². The number of carboxylic acids is 1. The van der Waals surface area contributed by atoms with Crippen LogP contribution < -0.4 is 14.8 Å². The first-order valence-electron chi connectivity index (χ1n) is 7.23. The van der Waals surface area contributed by atoms with Crippen LogP contribution in [-0.2, 0) is 19.4 Å². The van der Waals surface area contributed by atoms with Crippen molar-refractivity contribution in [2.45, 2.75) is 24.2 Å². The van der Waals surface area contributed by atoms with Gasteiger partial charge in [-0.15, -0.1) is 0 Å². The van der Waals surface area contributed by atoms with E-state index in [-0.39, 0.29) is 35.8 Å². The molecule has 1 aromatic rings. The molecule has 134 valence electrons. The van der Waals surface area contributed by atoms with E-state index >= 15 is 0 Å². The van der Waals surface area contributed by atoms with Crippen LogP contribution in [0.5, 0.6) is 11.5 Å². The molecule has 0 aromatic heterocycles. The van der Waals surface area contributed by atoms with Crippen LogP contribution in [0.2, 0.25) is 0 Å². The maximum Gasteiger partial charge on any atom is 0.303 e. The van der Waals surface area contributed by atoms with Crippen molar-refractivity contribution in [3.8, 4) is 11.5 Å². The van der Waals surface area contributed by atoms with E-state index in [1.807, 2.05) is 0 Å². The number of sulfone groups is 1. The predicted octanol–water partition coefficient (Wildman–Crippen LogP) is 0.849. The Bertz CT molecular complexity index is 685. The number of carbonyl (C=O) groups is 2. The summed E-state index contributed by atoms with van der Waals surface area (Å²) in [6.45, 7) is 0.196. The lowest BCUT2D eigenvalue weighted by atomic mass is 10.3. The van der Waals surface area contributed by atoms with Gasteiger partial charge in [0, 0.05) is 25.5 Å². The number of carbonyl (C=O) groups excluding carboxylic acids is 1. The number of aliphatic carboxylic acids is 1. The highest BCUT2D eigenvalue weighted by Gasteiger charge is 2.18. The summed E-state index contributed by atoms with van der Waals surface area (Å²) in [4.78, 5) is 22.0. The van der Waals surface area contributed by atoms with Gasteiger partial charge in [-0.2, -0.15) is 0 Å². The number of amides is 1. The van der Waals surface area contributed by atoms with Crippen LogP contribution in [0.15, 0.2) is 23.1 Å². The third-order valence-electron chi connectivity index (χ3n) is 3.20. The first-order valence-corrected chi connectivity index (χ1v) is 8.88. The molecule has 0 saturated carbocycles. The molecule has 0 unspecified atom stereocenters. The van der Waals surface area contributed by atoms with Gasteiger partial charge in [0.05, 0.1) is 24.9 Å². The van der Waals surface area contributed by atoms with Crippen molar-refractivity contribution < 1.29 is 32.6 Å². The molecule has 0 radical (unpaired) electrons. The molecular formula is C15H21NO7S. The molecule has 1 amide bonds. The molecule has 0 bridgehead atoms. The van der Waals surface area contributed by atoms with Gasteiger partial charge in [-0.1, -0.05) is 0 Å². The minimum atomic E-state index is -3.65. The molecule has 0 atom stereocenters. The number of rotatable bonds is 10. The fourth-order valence-corrected chi connectivity index (χ4v) is 3.16. The van der Waals surface area contributed by atoms with Crippen LogP contribution >= 0.6 is 0 Å². The van der Waals surface area contributed by atoms with E-state index in [1.165, 1.54) is 32.4 Å². The molecule has 0 aliphatic rings. The van der Waals surface area contributed by atoms with Crippen LogP contribution in [-0.4, -0.2) is 51.9 Å². The van der Waals surface area contributed by atoms with Gasteiger partial charge in [-0.3, -0.25) is 9.59 Å². The van der Waals surface area contributed by atoms with E-state index in [0.717, 1.165) is 0 Å². The lowest BCUT2D eigenvalue weighted by Crippen LogP contribution is -2.26. The zero-order chi connectivity index (χ0) is 18.2. The number of hydrogen-bond acceptors (Lipinski definition) is 6. The van der Waals surface area contributed by atoms with Crippen molar-refractivity contribution in [2.24, 2.45) is 0 Å². The first-order chi connectivity index (χ1) is 11.3. The molecule has 1 aromatic carbocycles. The van der Waals surface area contributed by atoms with E-state index in [9.17, 15) is 18.0 Å². The number of hydrogen-bond donors (Lipinski definition) is 2. The van der Waals surface area contributed by atoms with Gasteiger partial charge >= 0.3 is 5.97 Å². The number of ether oxygens (including phenoxy) is 2. The highest BCUT2D eigenvalue weighted by Crippen LogP contribution is 2.29. The number of benzene rings is 1.